The summed E-state index contributed by atoms with van der Waals surface area (Å²) in [4.78, 5) is 25.1. The number of piperidine rings is 1. The monoisotopic (exact) mass is 329 g/mol. The zero-order valence-electron chi connectivity index (χ0n) is 12.2. The zero-order valence-corrected chi connectivity index (χ0v) is 12.9. The summed E-state index contributed by atoms with van der Waals surface area (Å²) in [6, 6.07) is 3.93. The predicted octanol–water partition coefficient (Wildman–Crippen LogP) is 2.27. The third-order valence-electron chi connectivity index (χ3n) is 3.64. The molecule has 1 fully saturated rings. The smallest absolute Gasteiger partial charge is 0.308 e. The van der Waals surface area contributed by atoms with Crippen LogP contribution in [0.3, 0.4) is 0 Å². The van der Waals surface area contributed by atoms with Gasteiger partial charge in [-0.15, -0.1) is 0 Å². The minimum Gasteiger partial charge on any atom is -0.484 e. The molecular formula is C15H17ClFNO4. The van der Waals surface area contributed by atoms with Crippen LogP contribution >= 0.6 is 11.6 Å². The van der Waals surface area contributed by atoms with Crippen LogP contribution in [-0.2, 0) is 14.3 Å². The average molecular weight is 330 g/mol. The Balaban J connectivity index is 1.81. The summed E-state index contributed by atoms with van der Waals surface area (Å²) in [6.45, 7) is 0.836. The fraction of sp³-hybridized carbons (Fsp3) is 0.467. The first-order chi connectivity index (χ1) is 10.5. The van der Waals surface area contributed by atoms with E-state index in [0.29, 0.717) is 31.7 Å². The molecule has 5 nitrogen and oxygen atoms in total. The van der Waals surface area contributed by atoms with Gasteiger partial charge in [-0.1, -0.05) is 11.6 Å². The van der Waals surface area contributed by atoms with Gasteiger partial charge >= 0.3 is 5.97 Å². The molecule has 0 atom stereocenters. The number of benzene rings is 1. The molecule has 1 heterocycles. The molecule has 7 heteroatoms. The van der Waals surface area contributed by atoms with E-state index >= 15 is 0 Å². The number of halogens is 2. The fourth-order valence-electron chi connectivity index (χ4n) is 2.33. The third-order valence-corrected chi connectivity index (χ3v) is 3.93. The molecule has 0 aromatic heterocycles. The van der Waals surface area contributed by atoms with Crippen LogP contribution < -0.4 is 4.74 Å². The summed E-state index contributed by atoms with van der Waals surface area (Å²) in [5.74, 6) is -0.756. The minimum atomic E-state index is -0.537. The van der Waals surface area contributed by atoms with E-state index in [9.17, 15) is 14.0 Å². The number of ether oxygens (including phenoxy) is 2. The van der Waals surface area contributed by atoms with Crippen LogP contribution in [0.1, 0.15) is 12.8 Å². The molecule has 1 amide bonds. The molecule has 22 heavy (non-hydrogen) atoms. The number of amides is 1. The van der Waals surface area contributed by atoms with Crippen molar-refractivity contribution in [3.05, 3.63) is 29.0 Å². The van der Waals surface area contributed by atoms with E-state index in [1.807, 2.05) is 0 Å². The first-order valence-electron chi connectivity index (χ1n) is 6.94. The Morgan fingerprint density at radius 2 is 2.05 bits per heavy atom. The van der Waals surface area contributed by atoms with E-state index in [-0.39, 0.29) is 29.4 Å². The van der Waals surface area contributed by atoms with Crippen LogP contribution in [-0.4, -0.2) is 43.6 Å². The van der Waals surface area contributed by atoms with Crippen LogP contribution in [0, 0.1) is 11.7 Å². The highest BCUT2D eigenvalue weighted by Gasteiger charge is 2.27. The summed E-state index contributed by atoms with van der Waals surface area (Å²) >= 11 is 5.64. The van der Waals surface area contributed by atoms with Gasteiger partial charge in [0.05, 0.1) is 18.1 Å². The van der Waals surface area contributed by atoms with E-state index in [0.717, 1.165) is 0 Å². The van der Waals surface area contributed by atoms with Crippen molar-refractivity contribution in [2.45, 2.75) is 12.8 Å². The largest absolute Gasteiger partial charge is 0.484 e. The Morgan fingerprint density at radius 1 is 1.36 bits per heavy atom. The summed E-state index contributed by atoms with van der Waals surface area (Å²) in [5, 5.41) is -0.0520. The lowest BCUT2D eigenvalue weighted by Crippen LogP contribution is -2.42. The first-order valence-corrected chi connectivity index (χ1v) is 7.32. The number of hydrogen-bond donors (Lipinski definition) is 0. The maximum atomic E-state index is 13.0. The highest BCUT2D eigenvalue weighted by atomic mass is 35.5. The van der Waals surface area contributed by atoms with Crippen LogP contribution in [0.5, 0.6) is 5.75 Å². The highest BCUT2D eigenvalue weighted by molar-refractivity contribution is 6.30. The molecule has 0 saturated carbocycles. The van der Waals surface area contributed by atoms with Crippen LogP contribution in [0.2, 0.25) is 5.02 Å². The predicted molar refractivity (Wildman–Crippen MR) is 78.2 cm³/mol. The number of nitrogens with zero attached hydrogens (tertiary/aromatic N) is 1. The van der Waals surface area contributed by atoms with Gasteiger partial charge in [0.2, 0.25) is 0 Å². The number of carbonyl (C=O) groups excluding carboxylic acids is 2. The molecule has 1 aromatic carbocycles. The fourth-order valence-corrected chi connectivity index (χ4v) is 2.50. The lowest BCUT2D eigenvalue weighted by Gasteiger charge is -2.30. The van der Waals surface area contributed by atoms with Crippen molar-refractivity contribution in [3.63, 3.8) is 0 Å². The van der Waals surface area contributed by atoms with Crippen molar-refractivity contribution in [1.82, 2.24) is 4.90 Å². The van der Waals surface area contributed by atoms with Gasteiger partial charge in [-0.2, -0.15) is 0 Å². The number of likely N-dealkylation sites (tertiary alicyclic amines) is 1. The maximum absolute atomic E-state index is 13.0. The van der Waals surface area contributed by atoms with Gasteiger partial charge in [0.15, 0.2) is 6.61 Å². The third kappa shape index (κ3) is 4.10. The summed E-state index contributed by atoms with van der Waals surface area (Å²) in [7, 11) is 1.36. The van der Waals surface area contributed by atoms with Crippen LogP contribution in [0.4, 0.5) is 4.39 Å². The molecule has 0 spiro atoms. The maximum Gasteiger partial charge on any atom is 0.308 e. The Labute approximate surface area is 132 Å². The Kier molecular flexibility index (Phi) is 5.60. The Bertz CT molecular complexity index is 558. The van der Waals surface area contributed by atoms with Crippen molar-refractivity contribution in [3.8, 4) is 5.75 Å². The van der Waals surface area contributed by atoms with E-state index in [1.165, 1.54) is 25.3 Å². The SMILES string of the molecule is COC(=O)C1CCN(C(=O)COc2ccc(F)c(Cl)c2)CC1. The van der Waals surface area contributed by atoms with E-state index in [2.05, 4.69) is 0 Å². The molecule has 0 unspecified atom stereocenters. The van der Waals surface area contributed by atoms with Gasteiger partial charge < -0.3 is 14.4 Å². The highest BCUT2D eigenvalue weighted by Crippen LogP contribution is 2.22. The lowest BCUT2D eigenvalue weighted by atomic mass is 9.97. The average Bonchev–Trinajstić information content (AvgIpc) is 2.55. The van der Waals surface area contributed by atoms with Crippen molar-refractivity contribution >= 4 is 23.5 Å². The van der Waals surface area contributed by atoms with Gasteiger partial charge in [0, 0.05) is 19.2 Å². The van der Waals surface area contributed by atoms with Crippen molar-refractivity contribution < 1.29 is 23.5 Å². The van der Waals surface area contributed by atoms with E-state index in [1.54, 1.807) is 4.90 Å². The topological polar surface area (TPSA) is 55.8 Å². The van der Waals surface area contributed by atoms with E-state index in [4.69, 9.17) is 21.1 Å². The van der Waals surface area contributed by atoms with Gasteiger partial charge in [0.1, 0.15) is 11.6 Å². The molecule has 120 valence electrons. The number of esters is 1. The second-order valence-corrected chi connectivity index (χ2v) is 5.45. The second kappa shape index (κ2) is 7.45. The number of carbonyl (C=O) groups is 2. The Morgan fingerprint density at radius 3 is 2.64 bits per heavy atom. The molecule has 2 rings (SSSR count). The quantitative estimate of drug-likeness (QED) is 0.795. The number of rotatable bonds is 4. The standard InChI is InChI=1S/C15H17ClFNO4/c1-21-15(20)10-4-6-18(7-5-10)14(19)9-22-11-2-3-13(17)12(16)8-11/h2-3,8,10H,4-7,9H2,1H3. The molecule has 1 saturated heterocycles. The molecule has 1 aliphatic rings. The molecular weight excluding hydrogens is 313 g/mol. The minimum absolute atomic E-state index is 0.0520. The normalized spacial score (nSPS) is 15.5. The second-order valence-electron chi connectivity index (χ2n) is 5.04. The van der Waals surface area contributed by atoms with Crippen molar-refractivity contribution in [2.24, 2.45) is 5.92 Å². The van der Waals surface area contributed by atoms with Crippen LogP contribution in [0.25, 0.3) is 0 Å². The molecule has 0 radical (unpaired) electrons. The van der Waals surface area contributed by atoms with Crippen molar-refractivity contribution in [2.75, 3.05) is 26.8 Å². The van der Waals surface area contributed by atoms with Gasteiger partial charge in [-0.3, -0.25) is 9.59 Å². The van der Waals surface area contributed by atoms with E-state index < -0.39 is 5.82 Å². The van der Waals surface area contributed by atoms with Gasteiger partial charge in [0.25, 0.3) is 5.91 Å². The molecule has 0 N–H and O–H groups in total. The molecule has 1 aromatic rings. The number of methoxy groups -OCH3 is 1. The lowest BCUT2D eigenvalue weighted by molar-refractivity contribution is -0.149. The van der Waals surface area contributed by atoms with Crippen molar-refractivity contribution in [1.29, 1.82) is 0 Å². The first kappa shape index (κ1) is 16.5. The zero-order chi connectivity index (χ0) is 16.1. The molecule has 0 aliphatic carbocycles. The van der Waals surface area contributed by atoms with Gasteiger partial charge in [-0.25, -0.2) is 4.39 Å². The number of hydrogen-bond acceptors (Lipinski definition) is 4. The van der Waals surface area contributed by atoms with Gasteiger partial charge in [-0.05, 0) is 25.0 Å². The summed E-state index contributed by atoms with van der Waals surface area (Å²) in [6.07, 6.45) is 1.17. The Hall–Kier alpha value is -1.82. The molecule has 1 aliphatic heterocycles. The summed E-state index contributed by atoms with van der Waals surface area (Å²) < 4.78 is 23.0. The van der Waals surface area contributed by atoms with Crippen LogP contribution in [0.15, 0.2) is 18.2 Å². The summed E-state index contributed by atoms with van der Waals surface area (Å²) in [5.41, 5.74) is 0. The molecule has 0 bridgehead atoms.